The second kappa shape index (κ2) is 13.0. The molecule has 33 heavy (non-hydrogen) atoms. The lowest BCUT2D eigenvalue weighted by Gasteiger charge is -2.20. The van der Waals surface area contributed by atoms with Crippen LogP contribution in [0.25, 0.3) is 11.5 Å². The molecule has 0 radical (unpaired) electrons. The third kappa shape index (κ3) is 7.78. The highest BCUT2D eigenvalue weighted by Crippen LogP contribution is 2.33. The first-order valence-electron chi connectivity index (χ1n) is 11.4. The molecular weight excluding hydrogens is 460 g/mol. The topological polar surface area (TPSA) is 90.7 Å². The van der Waals surface area contributed by atoms with E-state index in [0.717, 1.165) is 23.0 Å². The summed E-state index contributed by atoms with van der Waals surface area (Å²) in [6.45, 7) is 2.41. The van der Waals surface area contributed by atoms with Gasteiger partial charge in [-0.2, -0.15) is 11.8 Å². The first-order chi connectivity index (χ1) is 16.0. The largest absolute Gasteiger partial charge is 0.493 e. The molecule has 1 heterocycles. The van der Waals surface area contributed by atoms with Gasteiger partial charge in [-0.1, -0.05) is 19.3 Å². The van der Waals surface area contributed by atoms with Crippen LogP contribution in [0, 0.1) is 6.92 Å². The van der Waals surface area contributed by atoms with Gasteiger partial charge in [0.1, 0.15) is 11.5 Å². The second-order valence-corrected chi connectivity index (χ2v) is 11.0. The van der Waals surface area contributed by atoms with Crippen molar-refractivity contribution in [3.8, 4) is 23.0 Å². The van der Waals surface area contributed by atoms with Crippen molar-refractivity contribution in [3.05, 3.63) is 29.7 Å². The van der Waals surface area contributed by atoms with E-state index in [2.05, 4.69) is 10.3 Å². The van der Waals surface area contributed by atoms with Crippen LogP contribution in [-0.4, -0.2) is 52.6 Å². The summed E-state index contributed by atoms with van der Waals surface area (Å²) in [6.07, 6.45) is 7.66. The first-order valence-corrected chi connectivity index (χ1v) is 14.0. The van der Waals surface area contributed by atoms with E-state index in [9.17, 15) is 9.00 Å². The molecule has 1 aliphatic rings. The minimum Gasteiger partial charge on any atom is -0.493 e. The van der Waals surface area contributed by atoms with Crippen molar-refractivity contribution < 1.29 is 22.9 Å². The van der Waals surface area contributed by atoms with Gasteiger partial charge in [-0.05, 0) is 50.1 Å². The molecule has 3 rings (SSSR count). The van der Waals surface area contributed by atoms with Crippen LogP contribution in [0.5, 0.6) is 11.5 Å². The summed E-state index contributed by atoms with van der Waals surface area (Å²) in [5.74, 6) is 3.21. The van der Waals surface area contributed by atoms with Gasteiger partial charge in [-0.25, -0.2) is 4.98 Å². The summed E-state index contributed by atoms with van der Waals surface area (Å²) in [6, 6.07) is 5.39. The van der Waals surface area contributed by atoms with Gasteiger partial charge in [0.25, 0.3) is 0 Å². The number of aryl methyl sites for hydroxylation is 1. The second-order valence-electron chi connectivity index (χ2n) is 8.15. The van der Waals surface area contributed by atoms with Crippen molar-refractivity contribution in [1.29, 1.82) is 0 Å². The van der Waals surface area contributed by atoms with Crippen LogP contribution in [0.4, 0.5) is 0 Å². The number of methoxy groups -OCH3 is 2. The Kier molecular flexibility index (Phi) is 10.1. The summed E-state index contributed by atoms with van der Waals surface area (Å²) < 4.78 is 28.9. The molecule has 0 saturated heterocycles. The zero-order valence-corrected chi connectivity index (χ0v) is 21.3. The highest BCUT2D eigenvalue weighted by Gasteiger charge is 2.17. The summed E-state index contributed by atoms with van der Waals surface area (Å²) in [7, 11) is 1.78. The molecule has 0 spiro atoms. The number of nitrogens with one attached hydrogen (secondary N) is 1. The van der Waals surface area contributed by atoms with Crippen LogP contribution < -0.4 is 14.8 Å². The van der Waals surface area contributed by atoms with E-state index in [-0.39, 0.29) is 17.4 Å². The van der Waals surface area contributed by atoms with Crippen molar-refractivity contribution in [2.45, 2.75) is 56.5 Å². The van der Waals surface area contributed by atoms with Crippen molar-refractivity contribution in [3.63, 3.8) is 0 Å². The lowest BCUT2D eigenvalue weighted by atomic mass is 10.0. The molecule has 1 amide bonds. The molecule has 1 aliphatic carbocycles. The number of carbonyl (C=O) groups is 1. The van der Waals surface area contributed by atoms with Crippen molar-refractivity contribution in [2.75, 3.05) is 32.3 Å². The minimum absolute atomic E-state index is 0.0340. The van der Waals surface area contributed by atoms with E-state index >= 15 is 0 Å². The standard InChI is InChI=1S/C24H34N2O5S2/c1-17-20(26-24(31-17)18-10-11-21(29-2)22(14-18)30-3)15-33(28)16-23(27)25-12-7-13-32-19-8-5-4-6-9-19/h10-11,14,19H,4-9,12-13,15-16H2,1-3H3,(H,25,27)/t33-/m0/s1. The number of benzene rings is 1. The monoisotopic (exact) mass is 494 g/mol. The maximum atomic E-state index is 12.5. The SMILES string of the molecule is COc1ccc(-c2nc(C[S@](=O)CC(=O)NCCCSC3CCCCC3)c(C)o2)cc1OC. The van der Waals surface area contributed by atoms with Crippen LogP contribution in [0.3, 0.4) is 0 Å². The van der Waals surface area contributed by atoms with Crippen LogP contribution >= 0.6 is 11.8 Å². The predicted molar refractivity (Wildman–Crippen MR) is 133 cm³/mol. The van der Waals surface area contributed by atoms with E-state index in [1.54, 1.807) is 33.3 Å². The molecule has 7 nitrogen and oxygen atoms in total. The minimum atomic E-state index is -1.36. The molecule has 1 N–H and O–H groups in total. The zero-order chi connectivity index (χ0) is 23.6. The first kappa shape index (κ1) is 25.6. The Morgan fingerprint density at radius 3 is 2.70 bits per heavy atom. The van der Waals surface area contributed by atoms with Gasteiger partial charge in [0, 0.05) is 28.2 Å². The number of nitrogens with zero attached hydrogens (tertiary/aromatic N) is 1. The fourth-order valence-electron chi connectivity index (χ4n) is 3.84. The number of ether oxygens (including phenoxy) is 2. The highest BCUT2D eigenvalue weighted by atomic mass is 32.2. The Hall–Kier alpha value is -2.00. The molecule has 182 valence electrons. The van der Waals surface area contributed by atoms with E-state index in [0.29, 0.717) is 35.4 Å². The lowest BCUT2D eigenvalue weighted by Crippen LogP contribution is -2.30. The van der Waals surface area contributed by atoms with Gasteiger partial charge in [0.05, 0.1) is 25.7 Å². The summed E-state index contributed by atoms with van der Waals surface area (Å²) in [5.41, 5.74) is 1.33. The van der Waals surface area contributed by atoms with Gasteiger partial charge in [-0.15, -0.1) is 0 Å². The Morgan fingerprint density at radius 1 is 1.21 bits per heavy atom. The number of hydrogen-bond donors (Lipinski definition) is 1. The third-order valence-electron chi connectivity index (χ3n) is 5.66. The van der Waals surface area contributed by atoms with Gasteiger partial charge in [0.2, 0.25) is 11.8 Å². The number of oxazole rings is 1. The van der Waals surface area contributed by atoms with Crippen LogP contribution in [0.15, 0.2) is 22.6 Å². The molecule has 0 aliphatic heterocycles. The number of hydrogen-bond acceptors (Lipinski definition) is 7. The molecule has 1 saturated carbocycles. The number of carbonyl (C=O) groups excluding carboxylic acids is 1. The number of aromatic nitrogens is 1. The number of rotatable bonds is 12. The van der Waals surface area contributed by atoms with E-state index < -0.39 is 10.8 Å². The van der Waals surface area contributed by atoms with Gasteiger partial charge in [-0.3, -0.25) is 9.00 Å². The average molecular weight is 495 g/mol. The maximum Gasteiger partial charge on any atom is 0.232 e. The van der Waals surface area contributed by atoms with Crippen molar-refractivity contribution in [2.24, 2.45) is 0 Å². The molecule has 0 unspecified atom stereocenters. The number of amides is 1. The molecule has 1 aromatic heterocycles. The maximum absolute atomic E-state index is 12.5. The predicted octanol–water partition coefficient (Wildman–Crippen LogP) is 4.49. The fourth-order valence-corrected chi connectivity index (χ4v) is 6.22. The van der Waals surface area contributed by atoms with Gasteiger partial charge < -0.3 is 19.2 Å². The number of thioether (sulfide) groups is 1. The van der Waals surface area contributed by atoms with Crippen LogP contribution in [0.2, 0.25) is 0 Å². The zero-order valence-electron chi connectivity index (χ0n) is 19.7. The van der Waals surface area contributed by atoms with E-state index in [4.69, 9.17) is 13.9 Å². The summed E-state index contributed by atoms with van der Waals surface area (Å²) >= 11 is 2.03. The Labute approximate surface area is 202 Å². The highest BCUT2D eigenvalue weighted by molar-refractivity contribution is 7.99. The molecule has 9 heteroatoms. The molecule has 1 fully saturated rings. The fraction of sp³-hybridized carbons (Fsp3) is 0.583. The molecule has 2 aromatic rings. The van der Waals surface area contributed by atoms with Crippen LogP contribution in [0.1, 0.15) is 50.0 Å². The summed E-state index contributed by atoms with van der Waals surface area (Å²) in [5, 5.41) is 3.68. The van der Waals surface area contributed by atoms with E-state index in [1.165, 1.54) is 32.1 Å². The normalized spacial score (nSPS) is 15.2. The van der Waals surface area contributed by atoms with Crippen molar-refractivity contribution in [1.82, 2.24) is 10.3 Å². The van der Waals surface area contributed by atoms with Gasteiger partial charge >= 0.3 is 0 Å². The van der Waals surface area contributed by atoms with E-state index in [1.807, 2.05) is 17.8 Å². The third-order valence-corrected chi connectivity index (χ3v) is 8.31. The smallest absolute Gasteiger partial charge is 0.232 e. The Morgan fingerprint density at radius 2 is 1.97 bits per heavy atom. The molecule has 1 aromatic carbocycles. The quantitative estimate of drug-likeness (QED) is 0.435. The molecule has 1 atom stereocenters. The van der Waals surface area contributed by atoms with Crippen LogP contribution in [-0.2, 0) is 21.3 Å². The Balaban J connectivity index is 1.43. The Bertz CT molecular complexity index is 941. The van der Waals surface area contributed by atoms with Crippen molar-refractivity contribution >= 4 is 28.5 Å². The molecular formula is C24H34N2O5S2. The summed E-state index contributed by atoms with van der Waals surface area (Å²) in [4.78, 5) is 16.7. The van der Waals surface area contributed by atoms with Gasteiger partial charge in [0.15, 0.2) is 11.5 Å². The molecule has 0 bridgehead atoms. The lowest BCUT2D eigenvalue weighted by molar-refractivity contribution is -0.118. The average Bonchev–Trinajstić information content (AvgIpc) is 3.18.